The van der Waals surface area contributed by atoms with E-state index in [0.29, 0.717) is 9.37 Å². The molecule has 1 aromatic rings. The van der Waals surface area contributed by atoms with Gasteiger partial charge in [0.1, 0.15) is 0 Å². The van der Waals surface area contributed by atoms with Gasteiger partial charge in [0.2, 0.25) is 10.0 Å². The Hall–Kier alpha value is 0.0900. The van der Waals surface area contributed by atoms with E-state index in [0.717, 1.165) is 30.2 Å². The summed E-state index contributed by atoms with van der Waals surface area (Å²) in [5.41, 5.74) is 0. The van der Waals surface area contributed by atoms with E-state index in [1.54, 1.807) is 12.1 Å². The summed E-state index contributed by atoms with van der Waals surface area (Å²) in [4.78, 5) is 0.294. The number of nitrogens with one attached hydrogen (secondary N) is 1. The molecule has 3 nitrogen and oxygen atoms in total. The summed E-state index contributed by atoms with van der Waals surface area (Å²) < 4.78 is 28.7. The van der Waals surface area contributed by atoms with Gasteiger partial charge in [-0.25, -0.2) is 13.1 Å². The molecule has 0 saturated heterocycles. The SMILES string of the molecule is O=S(=O)(NC1CCCCC1)c1cccc(Br)c1Br. The maximum absolute atomic E-state index is 12.3. The number of hydrogen-bond acceptors (Lipinski definition) is 2. The second kappa shape index (κ2) is 6.03. The Morgan fingerprint density at radius 2 is 1.78 bits per heavy atom. The number of hydrogen-bond donors (Lipinski definition) is 1. The van der Waals surface area contributed by atoms with E-state index in [1.165, 1.54) is 6.42 Å². The van der Waals surface area contributed by atoms with Crippen molar-refractivity contribution >= 4 is 41.9 Å². The van der Waals surface area contributed by atoms with Crippen LogP contribution in [0.4, 0.5) is 0 Å². The predicted octanol–water partition coefficient (Wildman–Crippen LogP) is 3.82. The fraction of sp³-hybridized carbons (Fsp3) is 0.500. The Morgan fingerprint density at radius 1 is 1.11 bits per heavy atom. The Morgan fingerprint density at radius 3 is 2.44 bits per heavy atom. The van der Waals surface area contributed by atoms with Crippen molar-refractivity contribution in [1.82, 2.24) is 4.72 Å². The van der Waals surface area contributed by atoms with Crippen molar-refractivity contribution in [3.63, 3.8) is 0 Å². The fourth-order valence-corrected chi connectivity index (χ4v) is 5.00. The molecule has 0 radical (unpaired) electrons. The van der Waals surface area contributed by atoms with Crippen LogP contribution in [0.5, 0.6) is 0 Å². The molecule has 1 aliphatic carbocycles. The molecule has 100 valence electrons. The van der Waals surface area contributed by atoms with Gasteiger partial charge in [-0.1, -0.05) is 25.3 Å². The molecule has 0 heterocycles. The molecular formula is C12H15Br2NO2S. The molecule has 18 heavy (non-hydrogen) atoms. The van der Waals surface area contributed by atoms with Gasteiger partial charge in [0.25, 0.3) is 0 Å². The van der Waals surface area contributed by atoms with Crippen LogP contribution in [0.3, 0.4) is 0 Å². The van der Waals surface area contributed by atoms with Crippen LogP contribution in [0.25, 0.3) is 0 Å². The van der Waals surface area contributed by atoms with Gasteiger partial charge in [-0.3, -0.25) is 0 Å². The molecular weight excluding hydrogens is 382 g/mol. The minimum Gasteiger partial charge on any atom is -0.208 e. The molecule has 0 bridgehead atoms. The van der Waals surface area contributed by atoms with Crippen LogP contribution < -0.4 is 4.72 Å². The van der Waals surface area contributed by atoms with E-state index in [4.69, 9.17) is 0 Å². The van der Waals surface area contributed by atoms with Crippen molar-refractivity contribution in [1.29, 1.82) is 0 Å². The number of halogens is 2. The van der Waals surface area contributed by atoms with Gasteiger partial charge < -0.3 is 0 Å². The summed E-state index contributed by atoms with van der Waals surface area (Å²) in [6.07, 6.45) is 5.29. The first-order valence-corrected chi connectivity index (χ1v) is 9.04. The van der Waals surface area contributed by atoms with Crippen molar-refractivity contribution in [3.05, 3.63) is 27.1 Å². The number of sulfonamides is 1. The van der Waals surface area contributed by atoms with E-state index >= 15 is 0 Å². The highest BCUT2D eigenvalue weighted by atomic mass is 79.9. The average molecular weight is 397 g/mol. The van der Waals surface area contributed by atoms with Crippen LogP contribution in [0.1, 0.15) is 32.1 Å². The maximum Gasteiger partial charge on any atom is 0.241 e. The molecule has 1 saturated carbocycles. The molecule has 1 N–H and O–H groups in total. The van der Waals surface area contributed by atoms with Crippen LogP contribution in [-0.4, -0.2) is 14.5 Å². The van der Waals surface area contributed by atoms with E-state index in [9.17, 15) is 8.42 Å². The minimum atomic E-state index is -3.44. The summed E-state index contributed by atoms with van der Waals surface area (Å²) in [6, 6.07) is 5.23. The maximum atomic E-state index is 12.3. The first-order chi connectivity index (χ1) is 8.50. The topological polar surface area (TPSA) is 46.2 Å². The second-order valence-corrected chi connectivity index (χ2v) is 7.84. The molecule has 0 spiro atoms. The Bertz CT molecular complexity index is 525. The second-order valence-electron chi connectivity index (χ2n) is 4.51. The zero-order valence-corrected chi connectivity index (χ0v) is 13.8. The lowest BCUT2D eigenvalue weighted by molar-refractivity contribution is 0.412. The molecule has 0 unspecified atom stereocenters. The van der Waals surface area contributed by atoms with Crippen molar-refractivity contribution in [2.75, 3.05) is 0 Å². The highest BCUT2D eigenvalue weighted by Gasteiger charge is 2.24. The van der Waals surface area contributed by atoms with Gasteiger partial charge in [0, 0.05) is 10.5 Å². The molecule has 0 amide bonds. The van der Waals surface area contributed by atoms with Crippen LogP contribution in [0, 0.1) is 0 Å². The van der Waals surface area contributed by atoms with E-state index in [2.05, 4.69) is 36.6 Å². The van der Waals surface area contributed by atoms with Gasteiger partial charge in [0.05, 0.1) is 9.37 Å². The third-order valence-electron chi connectivity index (χ3n) is 3.13. The van der Waals surface area contributed by atoms with Crippen LogP contribution in [0.15, 0.2) is 32.0 Å². The standard InChI is InChI=1S/C12H15Br2NO2S/c13-10-7-4-8-11(12(10)14)18(16,17)15-9-5-2-1-3-6-9/h4,7-9,15H,1-3,5-6H2. The number of benzene rings is 1. The average Bonchev–Trinajstić information content (AvgIpc) is 2.33. The monoisotopic (exact) mass is 395 g/mol. The normalized spacial score (nSPS) is 17.9. The quantitative estimate of drug-likeness (QED) is 0.843. The van der Waals surface area contributed by atoms with Crippen LogP contribution in [0.2, 0.25) is 0 Å². The summed E-state index contributed by atoms with van der Waals surface area (Å²) >= 11 is 6.64. The summed E-state index contributed by atoms with van der Waals surface area (Å²) in [5.74, 6) is 0. The van der Waals surface area contributed by atoms with Gasteiger partial charge in [-0.05, 0) is 56.8 Å². The number of rotatable bonds is 3. The van der Waals surface area contributed by atoms with Crippen molar-refractivity contribution in [2.45, 2.75) is 43.0 Å². The zero-order chi connectivity index (χ0) is 13.2. The Labute approximate surface area is 125 Å². The molecule has 1 fully saturated rings. The Balaban J connectivity index is 2.22. The lowest BCUT2D eigenvalue weighted by Gasteiger charge is -2.23. The summed E-state index contributed by atoms with van der Waals surface area (Å²) in [7, 11) is -3.44. The molecule has 0 aromatic heterocycles. The van der Waals surface area contributed by atoms with Gasteiger partial charge >= 0.3 is 0 Å². The molecule has 2 rings (SSSR count). The summed E-state index contributed by atoms with van der Waals surface area (Å²) in [5, 5.41) is 0. The largest absolute Gasteiger partial charge is 0.241 e. The van der Waals surface area contributed by atoms with Crippen LogP contribution in [-0.2, 0) is 10.0 Å². The van der Waals surface area contributed by atoms with E-state index < -0.39 is 10.0 Å². The van der Waals surface area contributed by atoms with Crippen molar-refractivity contribution < 1.29 is 8.42 Å². The third kappa shape index (κ3) is 3.35. The summed E-state index contributed by atoms with van der Waals surface area (Å²) in [6.45, 7) is 0. The highest BCUT2D eigenvalue weighted by Crippen LogP contribution is 2.30. The lowest BCUT2D eigenvalue weighted by atomic mass is 9.96. The molecule has 6 heteroatoms. The highest BCUT2D eigenvalue weighted by molar-refractivity contribution is 9.13. The van der Waals surface area contributed by atoms with Crippen molar-refractivity contribution in [2.24, 2.45) is 0 Å². The zero-order valence-electron chi connectivity index (χ0n) is 9.83. The predicted molar refractivity (Wildman–Crippen MR) is 79.0 cm³/mol. The fourth-order valence-electron chi connectivity index (χ4n) is 2.19. The van der Waals surface area contributed by atoms with E-state index in [1.807, 2.05) is 6.07 Å². The van der Waals surface area contributed by atoms with Crippen molar-refractivity contribution in [3.8, 4) is 0 Å². The third-order valence-corrected chi connectivity index (χ3v) is 7.01. The minimum absolute atomic E-state index is 0.0784. The first-order valence-electron chi connectivity index (χ1n) is 5.97. The van der Waals surface area contributed by atoms with Gasteiger partial charge in [0.15, 0.2) is 0 Å². The lowest BCUT2D eigenvalue weighted by Crippen LogP contribution is -2.36. The molecule has 0 atom stereocenters. The molecule has 1 aliphatic rings. The van der Waals surface area contributed by atoms with Gasteiger partial charge in [-0.2, -0.15) is 0 Å². The van der Waals surface area contributed by atoms with Gasteiger partial charge in [-0.15, -0.1) is 0 Å². The van der Waals surface area contributed by atoms with Crippen LogP contribution >= 0.6 is 31.9 Å². The first kappa shape index (κ1) is 14.5. The Kier molecular flexibility index (Phi) is 4.86. The molecule has 0 aliphatic heterocycles. The smallest absolute Gasteiger partial charge is 0.208 e. The van der Waals surface area contributed by atoms with E-state index in [-0.39, 0.29) is 6.04 Å². The molecule has 1 aromatic carbocycles.